The predicted molar refractivity (Wildman–Crippen MR) is 48.4 cm³/mol. The summed E-state index contributed by atoms with van der Waals surface area (Å²) < 4.78 is 50.1. The number of halogens is 5. The van der Waals surface area contributed by atoms with Crippen molar-refractivity contribution in [2.24, 2.45) is 0 Å². The Morgan fingerprint density at radius 1 is 1.29 bits per heavy atom. The first-order valence-electron chi connectivity index (χ1n) is 3.58. The molecule has 0 unspecified atom stereocenters. The van der Waals surface area contributed by atoms with Crippen LogP contribution < -0.4 is 5.73 Å². The maximum Gasteiger partial charge on any atom is 0.416 e. The van der Waals surface area contributed by atoms with Gasteiger partial charge >= 0.3 is 6.18 Å². The van der Waals surface area contributed by atoms with Crippen molar-refractivity contribution in [2.45, 2.75) is 11.5 Å². The summed E-state index contributed by atoms with van der Waals surface area (Å²) in [5, 5.41) is -0.223. The lowest BCUT2D eigenvalue weighted by molar-refractivity contribution is -0.138. The standard InChI is InChI=1S/C8H6BrF4N/c9-3-4-5(8(11,12)13)1-2-6(14)7(4)10/h1-2H,3,14H2. The van der Waals surface area contributed by atoms with Crippen LogP contribution in [0.5, 0.6) is 0 Å². The van der Waals surface area contributed by atoms with Crippen LogP contribution in [0.4, 0.5) is 23.2 Å². The Kier molecular flexibility index (Phi) is 3.04. The van der Waals surface area contributed by atoms with Crippen molar-refractivity contribution < 1.29 is 17.6 Å². The lowest BCUT2D eigenvalue weighted by Crippen LogP contribution is -2.11. The highest BCUT2D eigenvalue weighted by molar-refractivity contribution is 9.08. The highest BCUT2D eigenvalue weighted by atomic mass is 79.9. The smallest absolute Gasteiger partial charge is 0.396 e. The summed E-state index contributed by atoms with van der Waals surface area (Å²) in [7, 11) is 0. The summed E-state index contributed by atoms with van der Waals surface area (Å²) in [5.74, 6) is -1.02. The minimum Gasteiger partial charge on any atom is -0.396 e. The Hall–Kier alpha value is -0.780. The van der Waals surface area contributed by atoms with Crippen LogP contribution in [0.25, 0.3) is 0 Å². The van der Waals surface area contributed by atoms with Crippen LogP contribution in [0.2, 0.25) is 0 Å². The van der Waals surface area contributed by atoms with E-state index in [-0.39, 0.29) is 11.0 Å². The van der Waals surface area contributed by atoms with Gasteiger partial charge < -0.3 is 5.73 Å². The molecule has 14 heavy (non-hydrogen) atoms. The third-order valence-corrected chi connectivity index (χ3v) is 2.27. The van der Waals surface area contributed by atoms with Crippen molar-refractivity contribution in [3.8, 4) is 0 Å². The van der Waals surface area contributed by atoms with Gasteiger partial charge in [0.25, 0.3) is 0 Å². The van der Waals surface area contributed by atoms with E-state index in [1.165, 1.54) is 0 Å². The molecule has 0 amide bonds. The number of nitrogens with two attached hydrogens (primary N) is 1. The Bertz CT molecular complexity index is 348. The number of hydrogen-bond acceptors (Lipinski definition) is 1. The van der Waals surface area contributed by atoms with E-state index < -0.39 is 23.1 Å². The van der Waals surface area contributed by atoms with Crippen LogP contribution in [-0.2, 0) is 11.5 Å². The highest BCUT2D eigenvalue weighted by Gasteiger charge is 2.34. The Morgan fingerprint density at radius 3 is 2.29 bits per heavy atom. The van der Waals surface area contributed by atoms with E-state index in [0.717, 1.165) is 12.1 Å². The van der Waals surface area contributed by atoms with Gasteiger partial charge in [-0.15, -0.1) is 0 Å². The summed E-state index contributed by atoms with van der Waals surface area (Å²) in [4.78, 5) is 0. The predicted octanol–water partition coefficient (Wildman–Crippen LogP) is 3.32. The zero-order valence-corrected chi connectivity index (χ0v) is 8.41. The third kappa shape index (κ3) is 2.00. The van der Waals surface area contributed by atoms with Crippen LogP contribution in [0.1, 0.15) is 11.1 Å². The first kappa shape index (κ1) is 11.3. The molecule has 0 heterocycles. The molecule has 0 saturated heterocycles. The fourth-order valence-electron chi connectivity index (χ4n) is 1.04. The van der Waals surface area contributed by atoms with E-state index in [4.69, 9.17) is 5.73 Å². The molecule has 2 N–H and O–H groups in total. The van der Waals surface area contributed by atoms with Crippen LogP contribution in [0.15, 0.2) is 12.1 Å². The molecule has 1 aromatic rings. The normalized spacial score (nSPS) is 11.8. The monoisotopic (exact) mass is 271 g/mol. The van der Waals surface area contributed by atoms with E-state index in [1.54, 1.807) is 0 Å². The Morgan fingerprint density at radius 2 is 1.86 bits per heavy atom. The molecule has 1 aromatic carbocycles. The molecule has 0 spiro atoms. The molecule has 0 aliphatic rings. The van der Waals surface area contributed by atoms with Gasteiger partial charge in [0.1, 0.15) is 0 Å². The molecule has 0 aromatic heterocycles. The first-order chi connectivity index (χ1) is 6.38. The van der Waals surface area contributed by atoms with Crippen LogP contribution in [-0.4, -0.2) is 0 Å². The van der Waals surface area contributed by atoms with Gasteiger partial charge in [-0.1, -0.05) is 15.9 Å². The fraction of sp³-hybridized carbons (Fsp3) is 0.250. The molecular formula is C8H6BrF4N. The summed E-state index contributed by atoms with van der Waals surface area (Å²) in [6.07, 6.45) is -4.56. The molecule has 0 bridgehead atoms. The Labute approximate surface area is 86.0 Å². The minimum absolute atomic E-state index is 0.223. The zero-order chi connectivity index (χ0) is 10.9. The average molecular weight is 272 g/mol. The number of rotatable bonds is 1. The highest BCUT2D eigenvalue weighted by Crippen LogP contribution is 2.35. The van der Waals surface area contributed by atoms with Crippen LogP contribution in [0, 0.1) is 5.82 Å². The quantitative estimate of drug-likeness (QED) is 0.473. The molecule has 6 heteroatoms. The lowest BCUT2D eigenvalue weighted by atomic mass is 10.1. The Balaban J connectivity index is 3.39. The summed E-state index contributed by atoms with van der Waals surface area (Å²) >= 11 is 2.79. The maximum atomic E-state index is 13.1. The molecule has 0 aliphatic carbocycles. The van der Waals surface area contributed by atoms with Gasteiger partial charge in [0, 0.05) is 10.9 Å². The molecule has 0 radical (unpaired) electrons. The van der Waals surface area contributed by atoms with Crippen molar-refractivity contribution in [2.75, 3.05) is 5.73 Å². The molecule has 1 nitrogen and oxygen atoms in total. The topological polar surface area (TPSA) is 26.0 Å². The SMILES string of the molecule is Nc1ccc(C(F)(F)F)c(CBr)c1F. The van der Waals surface area contributed by atoms with Crippen molar-refractivity contribution in [1.29, 1.82) is 0 Å². The van der Waals surface area contributed by atoms with E-state index in [9.17, 15) is 17.6 Å². The fourth-order valence-corrected chi connectivity index (χ4v) is 1.58. The number of hydrogen-bond donors (Lipinski definition) is 1. The van der Waals surface area contributed by atoms with Gasteiger partial charge in [-0.05, 0) is 12.1 Å². The minimum atomic E-state index is -4.56. The number of benzene rings is 1. The van der Waals surface area contributed by atoms with E-state index in [0.29, 0.717) is 0 Å². The van der Waals surface area contributed by atoms with Crippen molar-refractivity contribution >= 4 is 21.6 Å². The second-order valence-corrected chi connectivity index (χ2v) is 3.19. The van der Waals surface area contributed by atoms with Crippen LogP contribution in [0.3, 0.4) is 0 Å². The largest absolute Gasteiger partial charge is 0.416 e. The van der Waals surface area contributed by atoms with Gasteiger partial charge in [0.2, 0.25) is 0 Å². The lowest BCUT2D eigenvalue weighted by Gasteiger charge is -2.12. The number of nitrogen functional groups attached to an aromatic ring is 1. The molecule has 1 rings (SSSR count). The van der Waals surface area contributed by atoms with Crippen molar-refractivity contribution in [3.05, 3.63) is 29.1 Å². The van der Waals surface area contributed by atoms with Gasteiger partial charge in [0.15, 0.2) is 5.82 Å². The van der Waals surface area contributed by atoms with E-state index >= 15 is 0 Å². The summed E-state index contributed by atoms with van der Waals surface area (Å²) in [6.45, 7) is 0. The van der Waals surface area contributed by atoms with Gasteiger partial charge in [-0.3, -0.25) is 0 Å². The molecule has 0 atom stereocenters. The molecule has 0 fully saturated rings. The second-order valence-electron chi connectivity index (χ2n) is 2.63. The number of alkyl halides is 4. The molecule has 0 saturated carbocycles. The maximum absolute atomic E-state index is 13.1. The van der Waals surface area contributed by atoms with E-state index in [1.807, 2.05) is 0 Å². The third-order valence-electron chi connectivity index (χ3n) is 1.71. The van der Waals surface area contributed by atoms with Gasteiger partial charge in [-0.25, -0.2) is 4.39 Å². The summed E-state index contributed by atoms with van der Waals surface area (Å²) in [6, 6.07) is 1.68. The average Bonchev–Trinajstić information content (AvgIpc) is 2.07. The molecule has 0 aliphatic heterocycles. The van der Waals surface area contributed by atoms with E-state index in [2.05, 4.69) is 15.9 Å². The second kappa shape index (κ2) is 3.76. The van der Waals surface area contributed by atoms with Gasteiger partial charge in [-0.2, -0.15) is 13.2 Å². The van der Waals surface area contributed by atoms with Gasteiger partial charge in [0.05, 0.1) is 11.3 Å². The molecule has 78 valence electrons. The number of anilines is 1. The first-order valence-corrected chi connectivity index (χ1v) is 4.70. The van der Waals surface area contributed by atoms with Crippen LogP contribution >= 0.6 is 15.9 Å². The molecular weight excluding hydrogens is 266 g/mol. The van der Waals surface area contributed by atoms with Crippen molar-refractivity contribution in [1.82, 2.24) is 0 Å². The summed E-state index contributed by atoms with van der Waals surface area (Å²) in [5.41, 5.74) is 3.40. The zero-order valence-electron chi connectivity index (χ0n) is 6.83. The van der Waals surface area contributed by atoms with Crippen molar-refractivity contribution in [3.63, 3.8) is 0 Å².